The molecule has 4 N–H and O–H groups in total. The fraction of sp³-hybridized carbons (Fsp3) is 0.333. The normalized spacial score (nSPS) is 21.5. The van der Waals surface area contributed by atoms with Gasteiger partial charge in [0.1, 0.15) is 31.0 Å². The molecule has 1 fully saturated rings. The molecule has 0 spiro atoms. The van der Waals surface area contributed by atoms with Gasteiger partial charge in [-0.1, -0.05) is 65.4 Å². The van der Waals surface area contributed by atoms with Gasteiger partial charge in [0.2, 0.25) is 17.6 Å². The number of nitrogens with zero attached hydrogens (tertiary/aromatic N) is 5. The number of aliphatic hydroxyl groups is 2. The number of aromatic nitrogens is 4. The number of ether oxygens (including phenoxy) is 4. The minimum Gasteiger partial charge on any atom is -0.575 e. The highest BCUT2D eigenvalue weighted by Crippen LogP contribution is 2.43. The lowest BCUT2D eigenvalue weighted by atomic mass is 9.96. The van der Waals surface area contributed by atoms with E-state index in [-0.39, 0.29) is 42.2 Å². The van der Waals surface area contributed by atoms with E-state index in [2.05, 4.69) is 19.7 Å². The number of nitrogens with two attached hydrogens (primary N) is 1. The number of fused-ring (bicyclic) bond motifs is 2. The number of anilines is 1. The number of rotatable bonds is 12. The zero-order chi connectivity index (χ0) is 34.7. The van der Waals surface area contributed by atoms with Crippen molar-refractivity contribution in [2.24, 2.45) is 4.74 Å². The van der Waals surface area contributed by atoms with Crippen LogP contribution in [0.25, 0.3) is 21.9 Å². The van der Waals surface area contributed by atoms with Gasteiger partial charge in [-0.15, -0.1) is 0 Å². The van der Waals surface area contributed by atoms with Gasteiger partial charge in [0.05, 0.1) is 12.9 Å². The molecular weight excluding hydrogens is 655 g/mol. The lowest BCUT2D eigenvalue weighted by Crippen LogP contribution is -2.44. The van der Waals surface area contributed by atoms with Gasteiger partial charge in [-0.05, 0) is 37.8 Å². The van der Waals surface area contributed by atoms with Crippen LogP contribution in [-0.4, -0.2) is 72.8 Å². The molecule has 256 valence electrons. The molecule has 1 saturated heterocycles. The molecule has 0 saturated carbocycles. The Kier molecular flexibility index (Phi) is 9.90. The van der Waals surface area contributed by atoms with E-state index < -0.39 is 44.2 Å². The van der Waals surface area contributed by atoms with Crippen molar-refractivity contribution >= 4 is 42.0 Å². The van der Waals surface area contributed by atoms with E-state index in [0.29, 0.717) is 17.5 Å². The van der Waals surface area contributed by atoms with Gasteiger partial charge in [0.25, 0.3) is 0 Å². The first kappa shape index (κ1) is 34.0. The van der Waals surface area contributed by atoms with Crippen molar-refractivity contribution in [2.75, 3.05) is 18.9 Å². The van der Waals surface area contributed by atoms with Crippen LogP contribution in [-0.2, 0) is 20.9 Å². The Morgan fingerprint density at radius 3 is 2.67 bits per heavy atom. The largest absolute Gasteiger partial charge is 0.575 e. The van der Waals surface area contributed by atoms with E-state index >= 15 is 0 Å². The fourth-order valence-electron chi connectivity index (χ4n) is 5.44. The van der Waals surface area contributed by atoms with Crippen molar-refractivity contribution in [3.63, 3.8) is 0 Å². The van der Waals surface area contributed by atoms with Gasteiger partial charge >= 0.3 is 14.1 Å². The Balaban J connectivity index is 1.20. The lowest BCUT2D eigenvalue weighted by molar-refractivity contribution is -0.169. The Bertz CT molecular complexity index is 1990. The Hall–Kier alpha value is -4.92. The van der Waals surface area contributed by atoms with Gasteiger partial charge < -0.3 is 39.8 Å². The van der Waals surface area contributed by atoms with Crippen molar-refractivity contribution in [3.8, 4) is 17.4 Å². The zero-order valence-electron chi connectivity index (χ0n) is 26.9. The second-order valence-corrected chi connectivity index (χ2v) is 12.4. The highest BCUT2D eigenvalue weighted by atomic mass is 31.1. The zero-order valence-corrected chi connectivity index (χ0v) is 27.8. The highest BCUT2D eigenvalue weighted by molar-refractivity contribution is 7.34. The van der Waals surface area contributed by atoms with Gasteiger partial charge in [-0.3, -0.25) is 9.09 Å². The van der Waals surface area contributed by atoms with Crippen molar-refractivity contribution < 1.29 is 43.4 Å². The number of carbonyl (C=O) groups is 1. The maximum atomic E-state index is 13.1. The van der Waals surface area contributed by atoms with Crippen molar-refractivity contribution in [2.45, 2.75) is 57.5 Å². The third kappa shape index (κ3) is 7.12. The second-order valence-electron chi connectivity index (χ2n) is 11.5. The molecule has 6 atom stereocenters. The number of hydrogen-bond acceptors (Lipinski definition) is 14. The van der Waals surface area contributed by atoms with Crippen molar-refractivity contribution in [1.82, 2.24) is 19.5 Å². The van der Waals surface area contributed by atoms with E-state index in [4.69, 9.17) is 29.2 Å². The predicted molar refractivity (Wildman–Crippen MR) is 177 cm³/mol. The molecule has 0 aliphatic carbocycles. The third-order valence-electron chi connectivity index (χ3n) is 7.94. The van der Waals surface area contributed by atoms with Crippen LogP contribution in [0.3, 0.4) is 0 Å². The van der Waals surface area contributed by atoms with Crippen molar-refractivity contribution in [1.29, 1.82) is 0 Å². The summed E-state index contributed by atoms with van der Waals surface area (Å²) in [6.45, 7) is 4.80. The van der Waals surface area contributed by atoms with Crippen molar-refractivity contribution in [3.05, 3.63) is 78.6 Å². The van der Waals surface area contributed by atoms with Gasteiger partial charge in [0.15, 0.2) is 29.2 Å². The van der Waals surface area contributed by atoms with Crippen LogP contribution >= 0.6 is 8.17 Å². The second kappa shape index (κ2) is 14.3. The summed E-state index contributed by atoms with van der Waals surface area (Å²) in [4.78, 5) is 38.4. The average Bonchev–Trinajstić information content (AvgIpc) is 3.60. The summed E-state index contributed by atoms with van der Waals surface area (Å²) in [5.41, 5.74) is 5.44. The SMILES string of the molecule is CCOc1nc(N)nc2c1ncn2C1O[C@H](COc2ccc3ccccc3c2O[P+]([O-])=N[C@@H](C)C(=O)OCc2ccccc2)[C@@H](O)[C@@]1(C)O. The van der Waals surface area contributed by atoms with E-state index in [1.54, 1.807) is 31.2 Å². The van der Waals surface area contributed by atoms with Crippen LogP contribution in [0, 0.1) is 0 Å². The number of benzene rings is 3. The van der Waals surface area contributed by atoms with Gasteiger partial charge in [0, 0.05) is 5.39 Å². The number of aliphatic hydroxyl groups excluding tert-OH is 1. The fourth-order valence-corrected chi connectivity index (χ4v) is 6.20. The molecular formula is C33H35N6O9P. The van der Waals surface area contributed by atoms with E-state index in [1.165, 1.54) is 24.7 Å². The third-order valence-corrected chi connectivity index (χ3v) is 8.82. The molecule has 3 heterocycles. The number of imidazole rings is 1. The number of carbonyl (C=O) groups excluding carboxylic acids is 1. The summed E-state index contributed by atoms with van der Waals surface area (Å²) in [6.07, 6.45) is -2.21. The molecule has 49 heavy (non-hydrogen) atoms. The summed E-state index contributed by atoms with van der Waals surface area (Å²) in [5, 5.41) is 23.9. The Morgan fingerprint density at radius 1 is 1.14 bits per heavy atom. The summed E-state index contributed by atoms with van der Waals surface area (Å²) < 4.78 is 34.3. The maximum absolute atomic E-state index is 13.1. The molecule has 2 aromatic heterocycles. The first-order valence-electron chi connectivity index (χ1n) is 15.5. The Morgan fingerprint density at radius 2 is 1.90 bits per heavy atom. The summed E-state index contributed by atoms with van der Waals surface area (Å²) in [5.74, 6) is -0.268. The predicted octanol–water partition coefficient (Wildman–Crippen LogP) is 3.42. The molecule has 1 aliphatic rings. The van der Waals surface area contributed by atoms with Gasteiger partial charge in [-0.25, -0.2) is 9.78 Å². The molecule has 0 bridgehead atoms. The molecule has 16 heteroatoms. The molecule has 6 rings (SSSR count). The summed E-state index contributed by atoms with van der Waals surface area (Å²) in [6, 6.07) is 18.7. The molecule has 2 unspecified atom stereocenters. The molecule has 0 radical (unpaired) electrons. The van der Waals surface area contributed by atoms with Crippen LogP contribution in [0.4, 0.5) is 5.95 Å². The smallest absolute Gasteiger partial charge is 0.395 e. The first-order chi connectivity index (χ1) is 23.6. The quantitative estimate of drug-likeness (QED) is 0.127. The topological polar surface area (TPSA) is 209 Å². The van der Waals surface area contributed by atoms with Crippen LogP contribution in [0.15, 0.2) is 77.8 Å². The minimum absolute atomic E-state index is 0.0501. The first-order valence-corrected chi connectivity index (χ1v) is 16.6. The molecule has 5 aromatic rings. The molecule has 0 amide bonds. The minimum atomic E-state index is -2.76. The Labute approximate surface area is 281 Å². The highest BCUT2D eigenvalue weighted by Gasteiger charge is 2.54. The van der Waals surface area contributed by atoms with Crippen LogP contribution in [0.1, 0.15) is 32.6 Å². The molecule has 3 aromatic carbocycles. The number of nitrogen functional groups attached to an aromatic ring is 1. The summed E-state index contributed by atoms with van der Waals surface area (Å²) in [7, 11) is -2.76. The maximum Gasteiger partial charge on any atom is 0.395 e. The van der Waals surface area contributed by atoms with Crippen LogP contribution in [0.5, 0.6) is 17.4 Å². The van der Waals surface area contributed by atoms with E-state index in [9.17, 15) is 19.9 Å². The number of esters is 1. The van der Waals surface area contributed by atoms with Crippen LogP contribution < -0.4 is 24.6 Å². The van der Waals surface area contributed by atoms with E-state index in [1.807, 2.05) is 42.5 Å². The summed E-state index contributed by atoms with van der Waals surface area (Å²) >= 11 is 0. The molecule has 15 nitrogen and oxygen atoms in total. The van der Waals surface area contributed by atoms with E-state index in [0.717, 1.165) is 10.9 Å². The molecule has 1 aliphatic heterocycles. The lowest BCUT2D eigenvalue weighted by Gasteiger charge is -2.27. The standard InChI is InChI=1S/C33H35N6O9P/c1-4-44-29-25-28(36-32(34)37-29)39(18-35-25)31-33(3,42)27(40)24(47-31)17-45-23-15-14-21-12-8-9-13-22(21)26(23)48-49(43)38-19(2)30(41)46-16-20-10-6-5-7-11-20/h5-15,18-19,24,27,31,40,42H,4,16-17H2,1-3H3,(H2,34,36,37)/t19-,24+,27+,31?,33+/m0/s1. The van der Waals surface area contributed by atoms with Gasteiger partial charge in [-0.2, -0.15) is 9.97 Å². The number of hydrogen-bond donors (Lipinski definition) is 3. The van der Waals surface area contributed by atoms with Crippen LogP contribution in [0.2, 0.25) is 0 Å². The average molecular weight is 691 g/mol. The monoisotopic (exact) mass is 690 g/mol.